The molecule has 0 fully saturated rings. The molecular formula is C21H20FN3O. The number of anilines is 1. The summed E-state index contributed by atoms with van der Waals surface area (Å²) in [6, 6.07) is 16.3. The van der Waals surface area contributed by atoms with Crippen LogP contribution in [0.5, 0.6) is 0 Å². The number of nitrogens with one attached hydrogen (secondary N) is 2. The van der Waals surface area contributed by atoms with Gasteiger partial charge < -0.3 is 10.6 Å². The first-order chi connectivity index (χ1) is 12.6. The number of nitrogens with zero attached hydrogens (tertiary/aromatic N) is 1. The average Bonchev–Trinajstić information content (AvgIpc) is 2.66. The molecule has 0 saturated carbocycles. The third kappa shape index (κ3) is 4.66. The second-order valence-corrected chi connectivity index (χ2v) is 6.08. The summed E-state index contributed by atoms with van der Waals surface area (Å²) in [5.74, 6) is -0.626. The molecule has 5 heteroatoms. The molecule has 132 valence electrons. The Kier molecular flexibility index (Phi) is 5.59. The first kappa shape index (κ1) is 17.6. The van der Waals surface area contributed by atoms with E-state index >= 15 is 0 Å². The maximum Gasteiger partial charge on any atom is 0.253 e. The molecule has 1 aromatic heterocycles. The van der Waals surface area contributed by atoms with Gasteiger partial charge in [-0.1, -0.05) is 48.0 Å². The Morgan fingerprint density at radius 2 is 1.88 bits per heavy atom. The van der Waals surface area contributed by atoms with Gasteiger partial charge in [-0.25, -0.2) is 4.39 Å². The van der Waals surface area contributed by atoms with Gasteiger partial charge in [0, 0.05) is 31.0 Å². The fourth-order valence-corrected chi connectivity index (χ4v) is 2.61. The van der Waals surface area contributed by atoms with Gasteiger partial charge in [-0.15, -0.1) is 0 Å². The number of aromatic nitrogens is 1. The number of hydrogen-bond acceptors (Lipinski definition) is 3. The maximum atomic E-state index is 13.6. The van der Waals surface area contributed by atoms with Crippen molar-refractivity contribution in [1.29, 1.82) is 0 Å². The van der Waals surface area contributed by atoms with E-state index in [0.717, 1.165) is 11.3 Å². The van der Waals surface area contributed by atoms with Gasteiger partial charge in [0.15, 0.2) is 0 Å². The minimum Gasteiger partial charge on any atom is -0.380 e. The van der Waals surface area contributed by atoms with Crippen LogP contribution in [-0.2, 0) is 13.1 Å². The van der Waals surface area contributed by atoms with Crippen LogP contribution >= 0.6 is 0 Å². The van der Waals surface area contributed by atoms with E-state index < -0.39 is 0 Å². The number of aryl methyl sites for hydroxylation is 1. The maximum absolute atomic E-state index is 13.6. The van der Waals surface area contributed by atoms with Crippen molar-refractivity contribution in [2.75, 3.05) is 5.32 Å². The molecule has 2 N–H and O–H groups in total. The highest BCUT2D eigenvalue weighted by molar-refractivity contribution is 5.94. The van der Waals surface area contributed by atoms with Crippen LogP contribution in [0.3, 0.4) is 0 Å². The summed E-state index contributed by atoms with van der Waals surface area (Å²) in [6.45, 7) is 2.82. The topological polar surface area (TPSA) is 54.0 Å². The molecule has 0 aliphatic rings. The predicted molar refractivity (Wildman–Crippen MR) is 100 cm³/mol. The molecule has 0 spiro atoms. The van der Waals surface area contributed by atoms with Gasteiger partial charge >= 0.3 is 0 Å². The quantitative estimate of drug-likeness (QED) is 0.705. The number of benzene rings is 2. The molecule has 0 unspecified atom stereocenters. The summed E-state index contributed by atoms with van der Waals surface area (Å²) in [4.78, 5) is 16.4. The Labute approximate surface area is 152 Å². The molecule has 0 bridgehead atoms. The zero-order valence-corrected chi connectivity index (χ0v) is 14.5. The van der Waals surface area contributed by atoms with Crippen LogP contribution in [-0.4, -0.2) is 10.9 Å². The summed E-state index contributed by atoms with van der Waals surface area (Å²) in [5, 5.41) is 5.98. The lowest BCUT2D eigenvalue weighted by Crippen LogP contribution is -2.23. The van der Waals surface area contributed by atoms with Crippen LogP contribution in [0.25, 0.3) is 0 Å². The summed E-state index contributed by atoms with van der Waals surface area (Å²) >= 11 is 0. The van der Waals surface area contributed by atoms with E-state index in [1.807, 2.05) is 25.1 Å². The van der Waals surface area contributed by atoms with Crippen molar-refractivity contribution in [2.45, 2.75) is 20.0 Å². The number of hydrogen-bond donors (Lipinski definition) is 2. The Hall–Kier alpha value is -3.21. The van der Waals surface area contributed by atoms with Crippen LogP contribution in [0.1, 0.15) is 27.0 Å². The number of carbonyl (C=O) groups excluding carboxylic acids is 1. The van der Waals surface area contributed by atoms with Gasteiger partial charge in [0.05, 0.1) is 11.3 Å². The molecule has 1 amide bonds. The Bertz CT molecular complexity index is 911. The van der Waals surface area contributed by atoms with E-state index in [2.05, 4.69) is 21.7 Å². The number of amides is 1. The van der Waals surface area contributed by atoms with Crippen LogP contribution in [0.2, 0.25) is 0 Å². The lowest BCUT2D eigenvalue weighted by molar-refractivity contribution is 0.0950. The molecule has 0 saturated heterocycles. The van der Waals surface area contributed by atoms with E-state index in [1.54, 1.807) is 30.5 Å². The Morgan fingerprint density at radius 3 is 2.69 bits per heavy atom. The highest BCUT2D eigenvalue weighted by Gasteiger charge is 2.08. The summed E-state index contributed by atoms with van der Waals surface area (Å²) in [6.07, 6.45) is 3.16. The summed E-state index contributed by atoms with van der Waals surface area (Å²) in [7, 11) is 0. The molecular weight excluding hydrogens is 329 g/mol. The Morgan fingerprint density at radius 1 is 1.04 bits per heavy atom. The lowest BCUT2D eigenvalue weighted by Gasteiger charge is -2.09. The van der Waals surface area contributed by atoms with Gasteiger partial charge in [0.25, 0.3) is 5.91 Å². The average molecular weight is 349 g/mol. The van der Waals surface area contributed by atoms with Crippen LogP contribution < -0.4 is 10.6 Å². The highest BCUT2D eigenvalue weighted by atomic mass is 19.1. The first-order valence-electron chi connectivity index (χ1n) is 8.38. The van der Waals surface area contributed by atoms with Gasteiger partial charge in [0.1, 0.15) is 5.82 Å². The van der Waals surface area contributed by atoms with Crippen LogP contribution in [0.4, 0.5) is 10.1 Å². The van der Waals surface area contributed by atoms with E-state index in [0.29, 0.717) is 17.7 Å². The molecule has 3 rings (SSSR count). The number of pyridine rings is 1. The van der Waals surface area contributed by atoms with E-state index in [4.69, 9.17) is 0 Å². The molecule has 0 atom stereocenters. The van der Waals surface area contributed by atoms with Crippen molar-refractivity contribution >= 4 is 11.6 Å². The highest BCUT2D eigenvalue weighted by Crippen LogP contribution is 2.12. The molecule has 1 heterocycles. The predicted octanol–water partition coefficient (Wildman–Crippen LogP) is 4.07. The van der Waals surface area contributed by atoms with Crippen molar-refractivity contribution in [2.24, 2.45) is 0 Å². The van der Waals surface area contributed by atoms with Gasteiger partial charge in [-0.05, 0) is 24.6 Å². The number of halogens is 1. The number of carbonyl (C=O) groups is 1. The summed E-state index contributed by atoms with van der Waals surface area (Å²) < 4.78 is 13.6. The van der Waals surface area contributed by atoms with Crippen molar-refractivity contribution in [3.05, 3.63) is 95.1 Å². The summed E-state index contributed by atoms with van der Waals surface area (Å²) in [5.41, 5.74) is 3.98. The molecule has 3 aromatic rings. The normalized spacial score (nSPS) is 10.4. The molecule has 26 heavy (non-hydrogen) atoms. The van der Waals surface area contributed by atoms with Crippen molar-refractivity contribution in [3.8, 4) is 0 Å². The second-order valence-electron chi connectivity index (χ2n) is 6.08. The zero-order chi connectivity index (χ0) is 18.4. The lowest BCUT2D eigenvalue weighted by atomic mass is 10.1. The van der Waals surface area contributed by atoms with Crippen molar-refractivity contribution < 1.29 is 9.18 Å². The monoisotopic (exact) mass is 349 g/mol. The smallest absolute Gasteiger partial charge is 0.253 e. The van der Waals surface area contributed by atoms with E-state index in [9.17, 15) is 9.18 Å². The number of rotatable bonds is 6. The van der Waals surface area contributed by atoms with E-state index in [1.165, 1.54) is 17.8 Å². The van der Waals surface area contributed by atoms with Gasteiger partial charge in [-0.2, -0.15) is 0 Å². The standard InChI is InChI=1S/C21H20FN3O/c1-15-5-4-6-16(9-15)11-24-19-10-18(12-23-14-19)21(26)25-13-17-7-2-3-8-20(17)22/h2-10,12,14,24H,11,13H2,1H3,(H,25,26). The van der Waals surface area contributed by atoms with Gasteiger partial charge in [-0.3, -0.25) is 9.78 Å². The minimum absolute atomic E-state index is 0.131. The van der Waals surface area contributed by atoms with Crippen LogP contribution in [0, 0.1) is 12.7 Å². The zero-order valence-electron chi connectivity index (χ0n) is 14.5. The largest absolute Gasteiger partial charge is 0.380 e. The minimum atomic E-state index is -0.334. The van der Waals surface area contributed by atoms with Crippen molar-refractivity contribution in [3.63, 3.8) is 0 Å². The third-order valence-corrected chi connectivity index (χ3v) is 3.98. The third-order valence-electron chi connectivity index (χ3n) is 3.98. The molecule has 0 radical (unpaired) electrons. The van der Waals surface area contributed by atoms with Crippen molar-refractivity contribution in [1.82, 2.24) is 10.3 Å². The second kappa shape index (κ2) is 8.25. The molecule has 4 nitrogen and oxygen atoms in total. The van der Waals surface area contributed by atoms with Crippen LogP contribution in [0.15, 0.2) is 67.0 Å². The van der Waals surface area contributed by atoms with E-state index in [-0.39, 0.29) is 18.3 Å². The SMILES string of the molecule is Cc1cccc(CNc2cncc(C(=O)NCc3ccccc3F)c2)c1. The fraction of sp³-hybridized carbons (Fsp3) is 0.143. The first-order valence-corrected chi connectivity index (χ1v) is 8.38. The molecule has 0 aliphatic carbocycles. The fourth-order valence-electron chi connectivity index (χ4n) is 2.61. The molecule has 2 aromatic carbocycles. The van der Waals surface area contributed by atoms with Gasteiger partial charge in [0.2, 0.25) is 0 Å². The molecule has 0 aliphatic heterocycles. The Balaban J connectivity index is 1.61.